The highest BCUT2D eigenvalue weighted by atomic mass is 14.9. The normalized spacial score (nSPS) is 23.4. The van der Waals surface area contributed by atoms with Crippen molar-refractivity contribution >= 4 is 0 Å². The molecule has 0 radical (unpaired) electrons. The topological polar surface area (TPSA) is 38.0 Å². The van der Waals surface area contributed by atoms with Crippen molar-refractivity contribution in [3.8, 4) is 0 Å². The maximum absolute atomic E-state index is 5.60. The van der Waals surface area contributed by atoms with Crippen LogP contribution in [0.15, 0.2) is 0 Å². The standard InChI is InChI=1S/C8H18N2/c1-10-8(6-9)7-4-2-3-5-7/h7-8,10H,2-6,9H2,1H3. The van der Waals surface area contributed by atoms with E-state index < -0.39 is 0 Å². The van der Waals surface area contributed by atoms with Gasteiger partial charge in [-0.2, -0.15) is 0 Å². The van der Waals surface area contributed by atoms with E-state index in [9.17, 15) is 0 Å². The molecule has 1 saturated carbocycles. The molecule has 0 heterocycles. The summed E-state index contributed by atoms with van der Waals surface area (Å²) in [6.45, 7) is 0.793. The largest absolute Gasteiger partial charge is 0.329 e. The molecule has 2 heteroatoms. The molecular formula is C8H18N2. The van der Waals surface area contributed by atoms with E-state index in [-0.39, 0.29) is 0 Å². The van der Waals surface area contributed by atoms with E-state index in [4.69, 9.17) is 5.73 Å². The Kier molecular flexibility index (Phi) is 3.16. The van der Waals surface area contributed by atoms with Crippen LogP contribution < -0.4 is 11.1 Å². The van der Waals surface area contributed by atoms with E-state index in [1.165, 1.54) is 25.7 Å². The van der Waals surface area contributed by atoms with Crippen molar-refractivity contribution in [2.75, 3.05) is 13.6 Å². The predicted molar refractivity (Wildman–Crippen MR) is 43.9 cm³/mol. The zero-order chi connectivity index (χ0) is 7.40. The molecule has 0 spiro atoms. The molecular weight excluding hydrogens is 124 g/mol. The quantitative estimate of drug-likeness (QED) is 0.609. The van der Waals surface area contributed by atoms with Gasteiger partial charge in [0, 0.05) is 12.6 Å². The van der Waals surface area contributed by atoms with Crippen molar-refractivity contribution in [3.63, 3.8) is 0 Å². The molecule has 1 aliphatic rings. The molecule has 1 atom stereocenters. The summed E-state index contributed by atoms with van der Waals surface area (Å²) in [5.74, 6) is 0.856. The zero-order valence-corrected chi connectivity index (χ0v) is 6.77. The maximum atomic E-state index is 5.60. The third-order valence-corrected chi connectivity index (χ3v) is 2.59. The second-order valence-electron chi connectivity index (χ2n) is 3.18. The Morgan fingerprint density at radius 2 is 2.10 bits per heavy atom. The first-order chi connectivity index (χ1) is 4.88. The van der Waals surface area contributed by atoms with Crippen molar-refractivity contribution in [2.24, 2.45) is 11.7 Å². The van der Waals surface area contributed by atoms with Crippen LogP contribution in [0.5, 0.6) is 0 Å². The number of nitrogens with one attached hydrogen (secondary N) is 1. The molecule has 2 nitrogen and oxygen atoms in total. The molecule has 1 unspecified atom stereocenters. The average molecular weight is 142 g/mol. The molecule has 0 aliphatic heterocycles. The summed E-state index contributed by atoms with van der Waals surface area (Å²) < 4.78 is 0. The summed E-state index contributed by atoms with van der Waals surface area (Å²) in [6.07, 6.45) is 5.57. The second-order valence-corrected chi connectivity index (χ2v) is 3.18. The second kappa shape index (κ2) is 3.94. The summed E-state index contributed by atoms with van der Waals surface area (Å²) in [6, 6.07) is 0.572. The van der Waals surface area contributed by atoms with Gasteiger partial charge in [-0.1, -0.05) is 12.8 Å². The lowest BCUT2D eigenvalue weighted by molar-refractivity contribution is 0.386. The molecule has 1 fully saturated rings. The Balaban J connectivity index is 2.29. The van der Waals surface area contributed by atoms with Gasteiger partial charge in [-0.15, -0.1) is 0 Å². The molecule has 60 valence electrons. The molecule has 1 aliphatic carbocycles. The number of hydrogen-bond donors (Lipinski definition) is 2. The van der Waals surface area contributed by atoms with Gasteiger partial charge in [0.25, 0.3) is 0 Å². The van der Waals surface area contributed by atoms with Crippen molar-refractivity contribution < 1.29 is 0 Å². The van der Waals surface area contributed by atoms with E-state index in [1.807, 2.05) is 7.05 Å². The van der Waals surface area contributed by atoms with E-state index in [2.05, 4.69) is 5.32 Å². The van der Waals surface area contributed by atoms with Crippen molar-refractivity contribution in [2.45, 2.75) is 31.7 Å². The molecule has 3 N–H and O–H groups in total. The first kappa shape index (κ1) is 8.02. The van der Waals surface area contributed by atoms with Gasteiger partial charge in [0.2, 0.25) is 0 Å². The fourth-order valence-corrected chi connectivity index (χ4v) is 1.91. The van der Waals surface area contributed by atoms with Crippen LogP contribution in [0.4, 0.5) is 0 Å². The minimum absolute atomic E-state index is 0.572. The fourth-order valence-electron chi connectivity index (χ4n) is 1.91. The number of rotatable bonds is 3. The zero-order valence-electron chi connectivity index (χ0n) is 6.77. The van der Waals surface area contributed by atoms with Gasteiger partial charge in [0.15, 0.2) is 0 Å². The van der Waals surface area contributed by atoms with Crippen LogP contribution in [0.1, 0.15) is 25.7 Å². The molecule has 10 heavy (non-hydrogen) atoms. The molecule has 0 aromatic carbocycles. The van der Waals surface area contributed by atoms with E-state index in [1.54, 1.807) is 0 Å². The van der Waals surface area contributed by atoms with E-state index >= 15 is 0 Å². The summed E-state index contributed by atoms with van der Waals surface area (Å²) in [5.41, 5.74) is 5.60. The lowest BCUT2D eigenvalue weighted by atomic mass is 9.99. The summed E-state index contributed by atoms with van der Waals surface area (Å²) >= 11 is 0. The third-order valence-electron chi connectivity index (χ3n) is 2.59. The first-order valence-corrected chi connectivity index (χ1v) is 4.26. The van der Waals surface area contributed by atoms with Crippen LogP contribution in [-0.4, -0.2) is 19.6 Å². The fraction of sp³-hybridized carbons (Fsp3) is 1.00. The highest BCUT2D eigenvalue weighted by Crippen LogP contribution is 2.26. The van der Waals surface area contributed by atoms with Gasteiger partial charge >= 0.3 is 0 Å². The van der Waals surface area contributed by atoms with E-state index in [0.717, 1.165) is 12.5 Å². The Morgan fingerprint density at radius 1 is 1.50 bits per heavy atom. The number of nitrogens with two attached hydrogens (primary N) is 1. The van der Waals surface area contributed by atoms with Gasteiger partial charge in [0.1, 0.15) is 0 Å². The van der Waals surface area contributed by atoms with Gasteiger partial charge in [-0.25, -0.2) is 0 Å². The smallest absolute Gasteiger partial charge is 0.0215 e. The van der Waals surface area contributed by atoms with Crippen molar-refractivity contribution in [3.05, 3.63) is 0 Å². The molecule has 0 saturated heterocycles. The molecule has 0 amide bonds. The lowest BCUT2D eigenvalue weighted by Crippen LogP contribution is -2.38. The Morgan fingerprint density at radius 3 is 2.50 bits per heavy atom. The number of hydrogen-bond acceptors (Lipinski definition) is 2. The van der Waals surface area contributed by atoms with Gasteiger partial charge in [-0.3, -0.25) is 0 Å². The lowest BCUT2D eigenvalue weighted by Gasteiger charge is -2.20. The van der Waals surface area contributed by atoms with Crippen LogP contribution in [0.2, 0.25) is 0 Å². The summed E-state index contributed by atoms with van der Waals surface area (Å²) in [7, 11) is 2.01. The van der Waals surface area contributed by atoms with Crippen LogP contribution >= 0.6 is 0 Å². The number of likely N-dealkylation sites (N-methyl/N-ethyl adjacent to an activating group) is 1. The minimum Gasteiger partial charge on any atom is -0.329 e. The predicted octanol–water partition coefficient (Wildman–Crippen LogP) is 0.723. The Hall–Kier alpha value is -0.0800. The molecule has 0 bridgehead atoms. The first-order valence-electron chi connectivity index (χ1n) is 4.26. The molecule has 1 rings (SSSR count). The molecule has 0 aromatic rings. The van der Waals surface area contributed by atoms with E-state index in [0.29, 0.717) is 6.04 Å². The van der Waals surface area contributed by atoms with Gasteiger partial charge in [0.05, 0.1) is 0 Å². The van der Waals surface area contributed by atoms with Crippen LogP contribution in [0, 0.1) is 5.92 Å². The highest BCUT2D eigenvalue weighted by Gasteiger charge is 2.21. The van der Waals surface area contributed by atoms with Crippen molar-refractivity contribution in [1.29, 1.82) is 0 Å². The van der Waals surface area contributed by atoms with Gasteiger partial charge in [-0.05, 0) is 25.8 Å². The Bertz CT molecular complexity index is 83.3. The summed E-state index contributed by atoms with van der Waals surface area (Å²) in [5, 5.41) is 3.27. The van der Waals surface area contributed by atoms with Crippen LogP contribution in [0.3, 0.4) is 0 Å². The van der Waals surface area contributed by atoms with Gasteiger partial charge < -0.3 is 11.1 Å². The SMILES string of the molecule is CNC(CN)C1CCCC1. The molecule has 0 aromatic heterocycles. The Labute approximate surface area is 63.2 Å². The van der Waals surface area contributed by atoms with Crippen LogP contribution in [-0.2, 0) is 0 Å². The third kappa shape index (κ3) is 1.70. The minimum atomic E-state index is 0.572. The van der Waals surface area contributed by atoms with Crippen LogP contribution in [0.25, 0.3) is 0 Å². The van der Waals surface area contributed by atoms with Crippen molar-refractivity contribution in [1.82, 2.24) is 5.32 Å². The highest BCUT2D eigenvalue weighted by molar-refractivity contribution is 4.79. The monoisotopic (exact) mass is 142 g/mol. The summed E-state index contributed by atoms with van der Waals surface area (Å²) in [4.78, 5) is 0. The maximum Gasteiger partial charge on any atom is 0.0215 e. The average Bonchev–Trinajstić information content (AvgIpc) is 2.43.